The van der Waals surface area contributed by atoms with Crippen LogP contribution in [-0.4, -0.2) is 45.2 Å². The van der Waals surface area contributed by atoms with Crippen molar-refractivity contribution in [1.29, 1.82) is 0 Å². The highest BCUT2D eigenvalue weighted by atomic mass is 16.6. The smallest absolute Gasteiger partial charge is 0.410 e. The molecule has 0 unspecified atom stereocenters. The number of likely N-dealkylation sites (tertiary alicyclic amines) is 1. The first-order valence-corrected chi connectivity index (χ1v) is 7.54. The number of nitrogens with zero attached hydrogens (tertiary/aromatic N) is 3. The molecule has 2 rings (SSSR count). The van der Waals surface area contributed by atoms with Crippen LogP contribution in [0.15, 0.2) is 12.3 Å². The van der Waals surface area contributed by atoms with E-state index in [1.165, 1.54) is 0 Å². The van der Waals surface area contributed by atoms with E-state index >= 15 is 0 Å². The van der Waals surface area contributed by atoms with Gasteiger partial charge in [-0.15, -0.1) is 0 Å². The first kappa shape index (κ1) is 16.3. The number of hydrogen-bond acceptors (Lipinski definition) is 5. The monoisotopic (exact) mass is 308 g/mol. The molecule has 0 aliphatic carbocycles. The van der Waals surface area contributed by atoms with Gasteiger partial charge in [0.05, 0.1) is 6.54 Å². The number of aromatic nitrogens is 2. The van der Waals surface area contributed by atoms with Crippen molar-refractivity contribution in [3.63, 3.8) is 0 Å². The van der Waals surface area contributed by atoms with E-state index in [1.807, 2.05) is 20.8 Å². The first-order valence-electron chi connectivity index (χ1n) is 7.54. The Bertz CT molecular complexity index is 539. The molecule has 1 aromatic heterocycles. The van der Waals surface area contributed by atoms with E-state index in [9.17, 15) is 9.59 Å². The summed E-state index contributed by atoms with van der Waals surface area (Å²) in [4.78, 5) is 25.9. The quantitative estimate of drug-likeness (QED) is 0.917. The van der Waals surface area contributed by atoms with Crippen LogP contribution in [0.2, 0.25) is 0 Å². The summed E-state index contributed by atoms with van der Waals surface area (Å²) in [5, 5.41) is 4.02. The van der Waals surface area contributed by atoms with Crippen LogP contribution < -0.4 is 5.73 Å². The number of hydrogen-bond donors (Lipinski definition) is 1. The van der Waals surface area contributed by atoms with Crippen molar-refractivity contribution >= 4 is 17.7 Å². The molecule has 0 atom stereocenters. The van der Waals surface area contributed by atoms with E-state index in [0.717, 1.165) is 0 Å². The molecule has 0 radical (unpaired) electrons. The van der Waals surface area contributed by atoms with Gasteiger partial charge >= 0.3 is 6.09 Å². The summed E-state index contributed by atoms with van der Waals surface area (Å²) < 4.78 is 6.90. The molecule has 2 N–H and O–H groups in total. The van der Waals surface area contributed by atoms with Gasteiger partial charge in [-0.25, -0.2) is 4.79 Å². The number of ether oxygens (including phenoxy) is 1. The summed E-state index contributed by atoms with van der Waals surface area (Å²) in [6, 6.07) is 1.67. The zero-order valence-electron chi connectivity index (χ0n) is 13.4. The van der Waals surface area contributed by atoms with Crippen LogP contribution in [0.5, 0.6) is 0 Å². The Hall–Kier alpha value is -2.05. The predicted octanol–water partition coefficient (Wildman–Crippen LogP) is 1.68. The number of anilines is 1. The molecular weight excluding hydrogens is 284 g/mol. The predicted molar refractivity (Wildman–Crippen MR) is 82.2 cm³/mol. The third-order valence-corrected chi connectivity index (χ3v) is 3.58. The van der Waals surface area contributed by atoms with Crippen LogP contribution in [0.4, 0.5) is 10.6 Å². The minimum absolute atomic E-state index is 0.0379. The van der Waals surface area contributed by atoms with Gasteiger partial charge in [0, 0.05) is 25.2 Å². The average molecular weight is 308 g/mol. The van der Waals surface area contributed by atoms with E-state index in [1.54, 1.807) is 21.8 Å². The Labute approximate surface area is 130 Å². The molecule has 0 saturated carbocycles. The summed E-state index contributed by atoms with van der Waals surface area (Å²) in [6.07, 6.45) is 2.71. The molecule has 0 aromatic carbocycles. The molecule has 0 spiro atoms. The van der Waals surface area contributed by atoms with Crippen molar-refractivity contribution in [3.8, 4) is 0 Å². The largest absolute Gasteiger partial charge is 0.444 e. The van der Waals surface area contributed by atoms with Crippen molar-refractivity contribution in [2.24, 2.45) is 5.92 Å². The molecule has 22 heavy (non-hydrogen) atoms. The molecule has 7 nitrogen and oxygen atoms in total. The van der Waals surface area contributed by atoms with Gasteiger partial charge in [-0.05, 0) is 39.7 Å². The molecule has 1 amide bonds. The maximum absolute atomic E-state index is 12.2. The van der Waals surface area contributed by atoms with Crippen LogP contribution in [-0.2, 0) is 16.1 Å². The Morgan fingerprint density at radius 2 is 2.00 bits per heavy atom. The number of rotatable bonds is 3. The molecular formula is C15H24N4O3. The summed E-state index contributed by atoms with van der Waals surface area (Å²) in [6.45, 7) is 6.86. The summed E-state index contributed by atoms with van der Waals surface area (Å²) in [7, 11) is 0. The number of carbonyl (C=O) groups excluding carboxylic acids is 2. The van der Waals surface area contributed by atoms with Crippen molar-refractivity contribution in [2.45, 2.75) is 45.8 Å². The topological polar surface area (TPSA) is 90.5 Å². The summed E-state index contributed by atoms with van der Waals surface area (Å²) in [5.74, 6) is 0.503. The molecule has 0 bridgehead atoms. The third kappa shape index (κ3) is 4.47. The molecule has 122 valence electrons. The van der Waals surface area contributed by atoms with Crippen LogP contribution in [0, 0.1) is 5.92 Å². The van der Waals surface area contributed by atoms with Gasteiger partial charge < -0.3 is 15.4 Å². The third-order valence-electron chi connectivity index (χ3n) is 3.58. The minimum Gasteiger partial charge on any atom is -0.444 e. The van der Waals surface area contributed by atoms with Crippen molar-refractivity contribution in [1.82, 2.24) is 14.7 Å². The molecule has 2 heterocycles. The average Bonchev–Trinajstić information content (AvgIpc) is 2.82. The molecule has 1 saturated heterocycles. The normalized spacial score (nSPS) is 16.6. The second kappa shape index (κ2) is 6.37. The van der Waals surface area contributed by atoms with Crippen LogP contribution in [0.1, 0.15) is 33.6 Å². The number of amides is 1. The van der Waals surface area contributed by atoms with E-state index in [0.29, 0.717) is 31.7 Å². The lowest BCUT2D eigenvalue weighted by Gasteiger charge is -2.32. The maximum Gasteiger partial charge on any atom is 0.410 e. The van der Waals surface area contributed by atoms with Gasteiger partial charge in [-0.2, -0.15) is 5.10 Å². The number of nitrogen functional groups attached to an aromatic ring is 1. The van der Waals surface area contributed by atoms with Crippen molar-refractivity contribution < 1.29 is 14.3 Å². The van der Waals surface area contributed by atoms with Gasteiger partial charge in [0.2, 0.25) is 0 Å². The number of Topliss-reactive ketones (excluding diaryl/α,β-unsaturated/α-hetero) is 1. The van der Waals surface area contributed by atoms with Crippen LogP contribution in [0.25, 0.3) is 0 Å². The van der Waals surface area contributed by atoms with E-state index in [-0.39, 0.29) is 24.3 Å². The second-order valence-corrected chi connectivity index (χ2v) is 6.65. The van der Waals surface area contributed by atoms with E-state index < -0.39 is 5.60 Å². The van der Waals surface area contributed by atoms with Crippen LogP contribution in [0.3, 0.4) is 0 Å². The summed E-state index contributed by atoms with van der Waals surface area (Å²) >= 11 is 0. The fourth-order valence-electron chi connectivity index (χ4n) is 2.46. The van der Waals surface area contributed by atoms with Crippen molar-refractivity contribution in [3.05, 3.63) is 12.3 Å². The Morgan fingerprint density at radius 3 is 2.50 bits per heavy atom. The van der Waals surface area contributed by atoms with Gasteiger partial charge in [0.15, 0.2) is 5.78 Å². The Morgan fingerprint density at radius 1 is 1.36 bits per heavy atom. The number of piperidine rings is 1. The number of carbonyl (C=O) groups is 2. The highest BCUT2D eigenvalue weighted by molar-refractivity contribution is 5.81. The fourth-order valence-corrected chi connectivity index (χ4v) is 2.46. The van der Waals surface area contributed by atoms with Gasteiger partial charge in [0.1, 0.15) is 11.4 Å². The molecule has 1 aliphatic rings. The molecule has 1 fully saturated rings. The van der Waals surface area contributed by atoms with Crippen LogP contribution >= 0.6 is 0 Å². The SMILES string of the molecule is CC(C)(C)OC(=O)N1CCC(C(=O)Cn2ccc(N)n2)CC1. The highest BCUT2D eigenvalue weighted by Gasteiger charge is 2.29. The first-order chi connectivity index (χ1) is 10.2. The molecule has 1 aromatic rings. The van der Waals surface area contributed by atoms with Gasteiger partial charge in [-0.1, -0.05) is 0 Å². The Balaban J connectivity index is 1.81. The lowest BCUT2D eigenvalue weighted by Crippen LogP contribution is -2.43. The standard InChI is InChI=1S/C15H24N4O3/c1-15(2,3)22-14(21)18-7-4-11(5-8-18)12(20)10-19-9-6-13(16)17-19/h6,9,11H,4-5,7-8,10H2,1-3H3,(H2,16,17). The Kier molecular flexibility index (Phi) is 4.73. The highest BCUT2D eigenvalue weighted by Crippen LogP contribution is 2.21. The summed E-state index contributed by atoms with van der Waals surface area (Å²) in [5.41, 5.74) is 5.04. The zero-order chi connectivity index (χ0) is 16.3. The zero-order valence-corrected chi connectivity index (χ0v) is 13.4. The van der Waals surface area contributed by atoms with E-state index in [4.69, 9.17) is 10.5 Å². The molecule has 7 heteroatoms. The molecule has 1 aliphatic heterocycles. The van der Waals surface area contributed by atoms with Gasteiger partial charge in [-0.3, -0.25) is 9.48 Å². The van der Waals surface area contributed by atoms with Gasteiger partial charge in [0.25, 0.3) is 0 Å². The number of nitrogens with two attached hydrogens (primary N) is 1. The maximum atomic E-state index is 12.2. The minimum atomic E-state index is -0.496. The second-order valence-electron chi connectivity index (χ2n) is 6.65. The van der Waals surface area contributed by atoms with Crippen molar-refractivity contribution in [2.75, 3.05) is 18.8 Å². The fraction of sp³-hybridized carbons (Fsp3) is 0.667. The number of ketones is 1. The lowest BCUT2D eigenvalue weighted by molar-refractivity contribution is -0.125. The van der Waals surface area contributed by atoms with E-state index in [2.05, 4.69) is 5.10 Å². The lowest BCUT2D eigenvalue weighted by atomic mass is 9.92.